The maximum Gasteiger partial charge on any atom is 1.00 e. The Hall–Kier alpha value is -1.50. The van der Waals surface area contributed by atoms with Gasteiger partial charge in [-0.2, -0.15) is 74.6 Å². The predicted molar refractivity (Wildman–Crippen MR) is 74.8 cm³/mol. The molecule has 0 aliphatic rings. The molecular formula is C16H6F17NaO2. The molecule has 0 fully saturated rings. The minimum Gasteiger partial charge on any atom is -0.550 e. The third-order valence-corrected chi connectivity index (χ3v) is 4.39. The van der Waals surface area contributed by atoms with Gasteiger partial charge in [-0.1, -0.05) is 24.3 Å². The van der Waals surface area contributed by atoms with Crippen LogP contribution in [0.15, 0.2) is 24.3 Å². The first-order valence-corrected chi connectivity index (χ1v) is 8.15. The molecule has 0 saturated heterocycles. The molecule has 0 saturated carbocycles. The minimum atomic E-state index is -8.69. The number of benzene rings is 1. The van der Waals surface area contributed by atoms with Crippen molar-refractivity contribution in [1.29, 1.82) is 0 Å². The Morgan fingerprint density at radius 2 is 0.861 bits per heavy atom. The van der Waals surface area contributed by atoms with E-state index in [1.54, 1.807) is 0 Å². The van der Waals surface area contributed by atoms with Gasteiger partial charge in [-0.3, -0.25) is 0 Å². The van der Waals surface area contributed by atoms with E-state index in [1.165, 1.54) is 0 Å². The first kappa shape index (κ1) is 34.5. The quantitative estimate of drug-likeness (QED) is 0.335. The molecule has 1 rings (SSSR count). The number of hydrogen-bond acceptors (Lipinski definition) is 2. The van der Waals surface area contributed by atoms with Crippen LogP contribution in [0.5, 0.6) is 0 Å². The number of hydrogen-bond donors (Lipinski definition) is 0. The summed E-state index contributed by atoms with van der Waals surface area (Å²) < 4.78 is 225. The Balaban J connectivity index is 0.0000122. The molecule has 0 heterocycles. The summed E-state index contributed by atoms with van der Waals surface area (Å²) >= 11 is 0. The smallest absolute Gasteiger partial charge is 0.550 e. The van der Waals surface area contributed by atoms with E-state index in [1.807, 2.05) is 0 Å². The second kappa shape index (κ2) is 9.67. The zero-order valence-electron chi connectivity index (χ0n) is 16.8. The largest absolute Gasteiger partial charge is 1.00 e. The predicted octanol–water partition coefficient (Wildman–Crippen LogP) is 2.45. The molecule has 0 radical (unpaired) electrons. The summed E-state index contributed by atoms with van der Waals surface area (Å²) in [6, 6.07) is -0.188. The van der Waals surface area contributed by atoms with Crippen molar-refractivity contribution in [3.8, 4) is 0 Å². The molecule has 20 heteroatoms. The van der Waals surface area contributed by atoms with Crippen LogP contribution in [0.3, 0.4) is 0 Å². The van der Waals surface area contributed by atoms with Gasteiger partial charge in [0.05, 0.1) is 0 Å². The van der Waals surface area contributed by atoms with Crippen LogP contribution in [0.1, 0.15) is 11.1 Å². The Kier molecular flexibility index (Phi) is 9.26. The SMILES string of the molecule is O=C([O-])Cc1ccc(C(F)(F)C(F)(F)C(F)(F)C(F)(F)C(F)(F)C(F)(F)C(F)(F)C(F)(F)F)cc1.[Na+]. The first-order valence-electron chi connectivity index (χ1n) is 8.15. The van der Waals surface area contributed by atoms with Crippen molar-refractivity contribution >= 4 is 5.97 Å². The van der Waals surface area contributed by atoms with Crippen LogP contribution >= 0.6 is 0 Å². The summed E-state index contributed by atoms with van der Waals surface area (Å²) in [5.74, 6) is -59.0. The summed E-state index contributed by atoms with van der Waals surface area (Å²) in [6.45, 7) is 0. The Morgan fingerprint density at radius 1 is 0.556 bits per heavy atom. The molecule has 0 spiro atoms. The number of aliphatic carboxylic acids is 1. The van der Waals surface area contributed by atoms with Gasteiger partial charge in [-0.25, -0.2) is 0 Å². The maximum absolute atomic E-state index is 14.0. The molecular weight excluding hydrogens is 570 g/mol. The van der Waals surface area contributed by atoms with Crippen LogP contribution in [-0.4, -0.2) is 47.7 Å². The average Bonchev–Trinajstić information content (AvgIpc) is 2.66. The first-order chi connectivity index (χ1) is 15.1. The van der Waals surface area contributed by atoms with Crippen LogP contribution in [0.4, 0.5) is 74.6 Å². The molecule has 0 N–H and O–H groups in total. The molecule has 202 valence electrons. The summed E-state index contributed by atoms with van der Waals surface area (Å²) in [5.41, 5.74) is -2.96. The molecule has 36 heavy (non-hydrogen) atoms. The van der Waals surface area contributed by atoms with Crippen LogP contribution in [0.25, 0.3) is 0 Å². The Bertz CT molecular complexity index is 937. The van der Waals surface area contributed by atoms with Gasteiger partial charge in [0.25, 0.3) is 0 Å². The zero-order chi connectivity index (χ0) is 28.3. The summed E-state index contributed by atoms with van der Waals surface area (Å²) in [5, 5.41) is 10.3. The van der Waals surface area contributed by atoms with E-state index in [0.717, 1.165) is 0 Å². The van der Waals surface area contributed by atoms with Gasteiger partial charge in [-0.15, -0.1) is 0 Å². The van der Waals surface area contributed by atoms with Crippen molar-refractivity contribution in [2.75, 3.05) is 0 Å². The van der Waals surface area contributed by atoms with E-state index in [0.29, 0.717) is 0 Å². The molecule has 0 amide bonds. The minimum absolute atomic E-state index is 0. The van der Waals surface area contributed by atoms with Gasteiger partial charge >= 0.3 is 77.2 Å². The van der Waals surface area contributed by atoms with E-state index in [-0.39, 0.29) is 53.8 Å². The van der Waals surface area contributed by atoms with Crippen LogP contribution in [0.2, 0.25) is 0 Å². The van der Waals surface area contributed by atoms with Crippen LogP contribution in [0, 0.1) is 0 Å². The number of halogens is 17. The molecule has 0 aliphatic carbocycles. The molecule has 0 bridgehead atoms. The van der Waals surface area contributed by atoms with Crippen molar-refractivity contribution in [2.45, 2.75) is 54.1 Å². The molecule has 0 aromatic heterocycles. The fraction of sp³-hybridized carbons (Fsp3) is 0.562. The standard InChI is InChI=1S/C16H7F17O2.Na/c17-9(18,7-3-1-6(2-4-7)5-8(34)35)10(19,20)11(21,22)12(23,24)13(25,26)14(27,28)15(29,30)16(31,32)33;/h1-4H,5H2,(H,34,35);/q;+1/p-1. The molecule has 0 atom stereocenters. The second-order valence-electron chi connectivity index (χ2n) is 6.76. The molecule has 1 aromatic carbocycles. The fourth-order valence-electron chi connectivity index (χ4n) is 2.34. The summed E-state index contributed by atoms with van der Waals surface area (Å²) in [7, 11) is 0. The Labute approximate surface area is 209 Å². The van der Waals surface area contributed by atoms with Crippen LogP contribution < -0.4 is 34.7 Å². The second-order valence-corrected chi connectivity index (χ2v) is 6.76. The monoisotopic (exact) mass is 576 g/mol. The fourth-order valence-corrected chi connectivity index (χ4v) is 2.34. The van der Waals surface area contributed by atoms with Crippen molar-refractivity contribution in [1.82, 2.24) is 0 Å². The normalized spacial score (nSPS) is 14.9. The molecule has 0 aliphatic heterocycles. The summed E-state index contributed by atoms with van der Waals surface area (Å²) in [6.07, 6.45) is -8.91. The van der Waals surface area contributed by atoms with E-state index in [2.05, 4.69) is 0 Å². The number of rotatable bonds is 9. The number of carbonyl (C=O) groups is 1. The van der Waals surface area contributed by atoms with Crippen molar-refractivity contribution in [3.05, 3.63) is 35.4 Å². The average molecular weight is 576 g/mol. The van der Waals surface area contributed by atoms with Gasteiger partial charge in [0.15, 0.2) is 0 Å². The third kappa shape index (κ3) is 4.86. The number of carbonyl (C=O) groups excluding carboxylic acids is 1. The third-order valence-electron chi connectivity index (χ3n) is 4.39. The number of carboxylic acid groups (broad SMARTS) is 1. The topological polar surface area (TPSA) is 40.1 Å². The van der Waals surface area contributed by atoms with Crippen molar-refractivity contribution in [3.63, 3.8) is 0 Å². The molecule has 0 unspecified atom stereocenters. The van der Waals surface area contributed by atoms with Gasteiger partial charge in [0.2, 0.25) is 0 Å². The van der Waals surface area contributed by atoms with Crippen LogP contribution in [-0.2, 0) is 17.1 Å². The van der Waals surface area contributed by atoms with Crippen molar-refractivity contribution in [2.24, 2.45) is 0 Å². The Morgan fingerprint density at radius 3 is 1.17 bits per heavy atom. The van der Waals surface area contributed by atoms with Gasteiger partial charge < -0.3 is 9.90 Å². The van der Waals surface area contributed by atoms with E-state index in [4.69, 9.17) is 0 Å². The molecule has 1 aromatic rings. The van der Waals surface area contributed by atoms with E-state index in [9.17, 15) is 84.5 Å². The number of alkyl halides is 17. The van der Waals surface area contributed by atoms with E-state index >= 15 is 0 Å². The summed E-state index contributed by atoms with van der Waals surface area (Å²) in [4.78, 5) is 10.3. The van der Waals surface area contributed by atoms with Crippen molar-refractivity contribution < 1.29 is 114 Å². The number of carboxylic acids is 1. The van der Waals surface area contributed by atoms with E-state index < -0.39 is 71.2 Å². The van der Waals surface area contributed by atoms with Gasteiger partial charge in [-0.05, 0) is 5.56 Å². The van der Waals surface area contributed by atoms with Gasteiger partial charge in [0, 0.05) is 18.0 Å². The maximum atomic E-state index is 14.0. The van der Waals surface area contributed by atoms with Gasteiger partial charge in [0.1, 0.15) is 0 Å². The molecule has 2 nitrogen and oxygen atoms in total. The zero-order valence-corrected chi connectivity index (χ0v) is 18.8.